The predicted molar refractivity (Wildman–Crippen MR) is 75.3 cm³/mol. The molecule has 0 bridgehead atoms. The lowest BCUT2D eigenvalue weighted by Crippen LogP contribution is -2.19. The Hall–Kier alpha value is -1.45. The van der Waals surface area contributed by atoms with Crippen LogP contribution in [0, 0.1) is 0 Å². The third kappa shape index (κ3) is 1.80. The molecule has 3 nitrogen and oxygen atoms in total. The summed E-state index contributed by atoms with van der Waals surface area (Å²) in [6, 6.07) is 3.78. The van der Waals surface area contributed by atoms with Gasteiger partial charge in [-0.25, -0.2) is 0 Å². The summed E-state index contributed by atoms with van der Waals surface area (Å²) >= 11 is 6.33. The highest BCUT2D eigenvalue weighted by molar-refractivity contribution is 6.36. The molecule has 1 aliphatic rings. The fraction of sp³-hybridized carbons (Fsp3) is 0.286. The van der Waals surface area contributed by atoms with Gasteiger partial charge in [-0.1, -0.05) is 17.7 Å². The van der Waals surface area contributed by atoms with Crippen LogP contribution >= 0.6 is 11.6 Å². The summed E-state index contributed by atoms with van der Waals surface area (Å²) in [5.74, 6) is 0.829. The SMILES string of the molecule is COc1ccc(Cl)c2c(C3=CCNCC3)c[nH]c12. The summed E-state index contributed by atoms with van der Waals surface area (Å²) in [6.07, 6.45) is 5.28. The van der Waals surface area contributed by atoms with Crippen molar-refractivity contribution in [1.29, 1.82) is 0 Å². The van der Waals surface area contributed by atoms with Crippen LogP contribution in [0.3, 0.4) is 0 Å². The van der Waals surface area contributed by atoms with Gasteiger partial charge in [0.2, 0.25) is 0 Å². The second-order valence-corrected chi connectivity index (χ2v) is 4.79. The average molecular weight is 263 g/mol. The smallest absolute Gasteiger partial charge is 0.143 e. The maximum atomic E-state index is 6.33. The first-order valence-electron chi connectivity index (χ1n) is 6.05. The number of ether oxygens (including phenoxy) is 1. The number of H-pyrrole nitrogens is 1. The molecule has 0 unspecified atom stereocenters. The minimum atomic E-state index is 0.765. The predicted octanol–water partition coefficient (Wildman–Crippen LogP) is 3.21. The fourth-order valence-corrected chi connectivity index (χ4v) is 2.73. The Morgan fingerprint density at radius 1 is 1.33 bits per heavy atom. The van der Waals surface area contributed by atoms with Gasteiger partial charge in [-0.15, -0.1) is 0 Å². The number of rotatable bonds is 2. The molecule has 0 amide bonds. The molecule has 94 valence electrons. The van der Waals surface area contributed by atoms with E-state index in [9.17, 15) is 0 Å². The van der Waals surface area contributed by atoms with Gasteiger partial charge in [-0.2, -0.15) is 0 Å². The second-order valence-electron chi connectivity index (χ2n) is 4.39. The van der Waals surface area contributed by atoms with Crippen LogP contribution < -0.4 is 10.1 Å². The number of benzene rings is 1. The molecule has 0 radical (unpaired) electrons. The Labute approximate surface area is 111 Å². The fourth-order valence-electron chi connectivity index (χ4n) is 2.47. The van der Waals surface area contributed by atoms with Crippen molar-refractivity contribution in [3.8, 4) is 5.75 Å². The Morgan fingerprint density at radius 3 is 2.94 bits per heavy atom. The van der Waals surface area contributed by atoms with Crippen molar-refractivity contribution in [2.24, 2.45) is 0 Å². The molecule has 18 heavy (non-hydrogen) atoms. The molecule has 4 heteroatoms. The van der Waals surface area contributed by atoms with Crippen LogP contribution in [0.2, 0.25) is 5.02 Å². The third-order valence-corrected chi connectivity index (χ3v) is 3.69. The van der Waals surface area contributed by atoms with Crippen molar-refractivity contribution in [3.05, 3.63) is 35.0 Å². The van der Waals surface area contributed by atoms with E-state index in [4.69, 9.17) is 16.3 Å². The number of halogens is 1. The maximum absolute atomic E-state index is 6.33. The van der Waals surface area contributed by atoms with E-state index in [1.165, 1.54) is 11.1 Å². The highest BCUT2D eigenvalue weighted by Crippen LogP contribution is 2.37. The number of hydrogen-bond acceptors (Lipinski definition) is 2. The molecule has 2 aromatic rings. The van der Waals surface area contributed by atoms with Gasteiger partial charge >= 0.3 is 0 Å². The maximum Gasteiger partial charge on any atom is 0.143 e. The molecule has 0 aliphatic carbocycles. The second kappa shape index (κ2) is 4.67. The number of methoxy groups -OCH3 is 1. The van der Waals surface area contributed by atoms with Gasteiger partial charge in [-0.3, -0.25) is 0 Å². The van der Waals surface area contributed by atoms with Gasteiger partial charge in [0.25, 0.3) is 0 Å². The molecule has 3 rings (SSSR count). The summed E-state index contributed by atoms with van der Waals surface area (Å²) < 4.78 is 5.36. The van der Waals surface area contributed by atoms with Crippen LogP contribution in [0.15, 0.2) is 24.4 Å². The van der Waals surface area contributed by atoms with Crippen LogP contribution in [-0.2, 0) is 0 Å². The van der Waals surface area contributed by atoms with Crippen LogP contribution in [-0.4, -0.2) is 25.2 Å². The number of fused-ring (bicyclic) bond motifs is 1. The highest BCUT2D eigenvalue weighted by Gasteiger charge is 2.15. The van der Waals surface area contributed by atoms with Gasteiger partial charge in [-0.05, 0) is 30.7 Å². The summed E-state index contributed by atoms with van der Waals surface area (Å²) in [7, 11) is 1.67. The molecule has 1 aromatic carbocycles. The lowest BCUT2D eigenvalue weighted by atomic mass is 9.99. The van der Waals surface area contributed by atoms with Crippen molar-refractivity contribution >= 4 is 28.1 Å². The van der Waals surface area contributed by atoms with E-state index < -0.39 is 0 Å². The van der Waals surface area contributed by atoms with E-state index in [-0.39, 0.29) is 0 Å². The zero-order chi connectivity index (χ0) is 12.5. The van der Waals surface area contributed by atoms with E-state index >= 15 is 0 Å². The molecule has 0 spiro atoms. The zero-order valence-corrected chi connectivity index (χ0v) is 11.0. The number of hydrogen-bond donors (Lipinski definition) is 2. The van der Waals surface area contributed by atoms with E-state index in [1.807, 2.05) is 18.3 Å². The summed E-state index contributed by atoms with van der Waals surface area (Å²) in [5, 5.41) is 5.14. The van der Waals surface area contributed by atoms with Crippen molar-refractivity contribution in [2.45, 2.75) is 6.42 Å². The molecule has 0 saturated carbocycles. The minimum Gasteiger partial charge on any atom is -0.495 e. The minimum absolute atomic E-state index is 0.765. The topological polar surface area (TPSA) is 37.0 Å². The summed E-state index contributed by atoms with van der Waals surface area (Å²) in [5.41, 5.74) is 3.50. The lowest BCUT2D eigenvalue weighted by molar-refractivity contribution is 0.419. The van der Waals surface area contributed by atoms with E-state index in [2.05, 4.69) is 16.4 Å². The quantitative estimate of drug-likeness (QED) is 0.872. The standard InChI is InChI=1S/C14H15ClN2O/c1-18-12-3-2-11(15)13-10(8-17-14(12)13)9-4-6-16-7-5-9/h2-4,8,16-17H,5-7H2,1H3. The molecule has 0 saturated heterocycles. The Bertz CT molecular complexity index is 616. The van der Waals surface area contributed by atoms with E-state index in [1.54, 1.807) is 7.11 Å². The monoisotopic (exact) mass is 262 g/mol. The van der Waals surface area contributed by atoms with E-state index in [0.29, 0.717) is 0 Å². The largest absolute Gasteiger partial charge is 0.495 e. The van der Waals surface area contributed by atoms with Crippen molar-refractivity contribution in [1.82, 2.24) is 10.3 Å². The molecular weight excluding hydrogens is 248 g/mol. The first-order chi connectivity index (χ1) is 8.81. The first-order valence-corrected chi connectivity index (χ1v) is 6.42. The Kier molecular flexibility index (Phi) is 3.02. The van der Waals surface area contributed by atoms with Gasteiger partial charge in [0.05, 0.1) is 17.6 Å². The van der Waals surface area contributed by atoms with Gasteiger partial charge in [0.15, 0.2) is 0 Å². The van der Waals surface area contributed by atoms with Gasteiger partial charge in [0.1, 0.15) is 5.75 Å². The summed E-state index contributed by atoms with van der Waals surface area (Å²) in [4.78, 5) is 3.28. The molecule has 0 fully saturated rings. The third-order valence-electron chi connectivity index (χ3n) is 3.38. The van der Waals surface area contributed by atoms with E-state index in [0.717, 1.165) is 41.2 Å². The molecule has 2 N–H and O–H groups in total. The molecule has 0 atom stereocenters. The van der Waals surface area contributed by atoms with Gasteiger partial charge < -0.3 is 15.0 Å². The van der Waals surface area contributed by atoms with Crippen LogP contribution in [0.1, 0.15) is 12.0 Å². The molecule has 1 aromatic heterocycles. The lowest BCUT2D eigenvalue weighted by Gasteiger charge is -2.13. The number of aromatic amines is 1. The Morgan fingerprint density at radius 2 is 2.22 bits per heavy atom. The van der Waals surface area contributed by atoms with Gasteiger partial charge in [0, 0.05) is 23.7 Å². The highest BCUT2D eigenvalue weighted by atomic mass is 35.5. The number of nitrogens with one attached hydrogen (secondary N) is 2. The molecule has 1 aliphatic heterocycles. The number of aromatic nitrogens is 1. The van der Waals surface area contributed by atoms with Crippen LogP contribution in [0.4, 0.5) is 0 Å². The van der Waals surface area contributed by atoms with Crippen molar-refractivity contribution < 1.29 is 4.74 Å². The molecule has 2 heterocycles. The first kappa shape index (κ1) is 11.6. The van der Waals surface area contributed by atoms with Crippen LogP contribution in [0.5, 0.6) is 5.75 Å². The average Bonchev–Trinajstić information content (AvgIpc) is 2.86. The van der Waals surface area contributed by atoms with Crippen LogP contribution in [0.25, 0.3) is 16.5 Å². The zero-order valence-electron chi connectivity index (χ0n) is 10.2. The normalized spacial score (nSPS) is 15.8. The Balaban J connectivity index is 2.22. The molecular formula is C14H15ClN2O. The van der Waals surface area contributed by atoms with Crippen molar-refractivity contribution in [3.63, 3.8) is 0 Å². The van der Waals surface area contributed by atoms with Crippen molar-refractivity contribution in [2.75, 3.05) is 20.2 Å². The summed E-state index contributed by atoms with van der Waals surface area (Å²) in [6.45, 7) is 1.93.